The average molecular weight is 347 g/mol. The van der Waals surface area contributed by atoms with Crippen LogP contribution in [0.1, 0.15) is 21.8 Å². The number of anilines is 1. The second-order valence-corrected chi connectivity index (χ2v) is 5.27. The lowest BCUT2D eigenvalue weighted by Crippen LogP contribution is -2.12. The third-order valence-electron chi connectivity index (χ3n) is 3.44. The van der Waals surface area contributed by atoms with E-state index < -0.39 is 12.1 Å². The van der Waals surface area contributed by atoms with E-state index in [1.165, 1.54) is 6.07 Å². The highest BCUT2D eigenvalue weighted by molar-refractivity contribution is 6.04. The lowest BCUT2D eigenvalue weighted by atomic mass is 10.1. The van der Waals surface area contributed by atoms with Crippen LogP contribution < -0.4 is 5.32 Å². The zero-order chi connectivity index (χ0) is 18.0. The fourth-order valence-corrected chi connectivity index (χ4v) is 2.18. The summed E-state index contributed by atoms with van der Waals surface area (Å²) < 4.78 is 41.8. The van der Waals surface area contributed by atoms with E-state index in [4.69, 9.17) is 0 Å². The molecule has 0 fully saturated rings. The molecule has 0 aliphatic carbocycles. The first-order valence-corrected chi connectivity index (χ1v) is 7.23. The molecule has 1 heterocycles. The Morgan fingerprint density at radius 3 is 2.44 bits per heavy atom. The Bertz CT molecular complexity index is 905. The van der Waals surface area contributed by atoms with Crippen LogP contribution in [0, 0.1) is 6.92 Å². The minimum Gasteiger partial charge on any atom is -0.329 e. The molecule has 3 aromatic rings. The normalized spacial score (nSPS) is 11.4. The van der Waals surface area contributed by atoms with Gasteiger partial charge in [-0.2, -0.15) is 18.2 Å². The van der Waals surface area contributed by atoms with Crippen molar-refractivity contribution in [1.82, 2.24) is 10.1 Å². The standard InChI is InChI=1S/C17H12F3N3O2/c1-10-9-12(14-22-16(25-23-14)17(18,19)20)7-8-13(10)21-15(24)11-5-3-2-4-6-11/h2-9H,1H3,(H,21,24). The maximum atomic E-state index is 12.5. The topological polar surface area (TPSA) is 68.0 Å². The molecule has 0 saturated heterocycles. The predicted octanol–water partition coefficient (Wildman–Crippen LogP) is 4.32. The molecule has 8 heteroatoms. The van der Waals surface area contributed by atoms with Crippen LogP contribution in [0.5, 0.6) is 0 Å². The molecule has 0 aliphatic rings. The predicted molar refractivity (Wildman–Crippen MR) is 83.9 cm³/mol. The number of carbonyl (C=O) groups is 1. The van der Waals surface area contributed by atoms with Crippen LogP contribution in [0.15, 0.2) is 53.1 Å². The Hall–Kier alpha value is -3.16. The van der Waals surface area contributed by atoms with Gasteiger partial charge in [0, 0.05) is 16.8 Å². The number of benzene rings is 2. The summed E-state index contributed by atoms with van der Waals surface area (Å²) in [4.78, 5) is 15.5. The molecule has 0 radical (unpaired) electrons. The smallest absolute Gasteiger partial charge is 0.329 e. The summed E-state index contributed by atoms with van der Waals surface area (Å²) in [7, 11) is 0. The maximum absolute atomic E-state index is 12.5. The number of carbonyl (C=O) groups excluding carboxylic acids is 1. The van der Waals surface area contributed by atoms with Gasteiger partial charge in [-0.05, 0) is 42.8 Å². The summed E-state index contributed by atoms with van der Waals surface area (Å²) in [6.07, 6.45) is -4.69. The number of amides is 1. The van der Waals surface area contributed by atoms with Gasteiger partial charge < -0.3 is 9.84 Å². The molecule has 0 aliphatic heterocycles. The second kappa shape index (κ2) is 6.39. The Morgan fingerprint density at radius 2 is 1.84 bits per heavy atom. The average Bonchev–Trinajstić information content (AvgIpc) is 3.08. The van der Waals surface area contributed by atoms with E-state index in [-0.39, 0.29) is 11.7 Å². The van der Waals surface area contributed by atoms with Gasteiger partial charge in [-0.15, -0.1) is 0 Å². The highest BCUT2D eigenvalue weighted by atomic mass is 19.4. The first kappa shape index (κ1) is 16.7. The minimum absolute atomic E-state index is 0.170. The maximum Gasteiger partial charge on any atom is 0.471 e. The van der Waals surface area contributed by atoms with E-state index >= 15 is 0 Å². The van der Waals surface area contributed by atoms with Crippen LogP contribution in [0.2, 0.25) is 0 Å². The molecule has 0 saturated carbocycles. The molecule has 25 heavy (non-hydrogen) atoms. The van der Waals surface area contributed by atoms with Gasteiger partial charge in [0.05, 0.1) is 0 Å². The number of hydrogen-bond donors (Lipinski definition) is 1. The van der Waals surface area contributed by atoms with E-state index in [0.717, 1.165) is 0 Å². The van der Waals surface area contributed by atoms with Crippen LogP contribution in [0.3, 0.4) is 0 Å². The third-order valence-corrected chi connectivity index (χ3v) is 3.44. The van der Waals surface area contributed by atoms with Crippen molar-refractivity contribution in [2.45, 2.75) is 13.1 Å². The largest absolute Gasteiger partial charge is 0.471 e. The lowest BCUT2D eigenvalue weighted by molar-refractivity contribution is -0.159. The quantitative estimate of drug-likeness (QED) is 0.766. The summed E-state index contributed by atoms with van der Waals surface area (Å²) in [5.41, 5.74) is 2.05. The van der Waals surface area contributed by atoms with Gasteiger partial charge in [-0.1, -0.05) is 23.4 Å². The van der Waals surface area contributed by atoms with Crippen molar-refractivity contribution in [3.8, 4) is 11.4 Å². The number of aryl methyl sites for hydroxylation is 1. The zero-order valence-corrected chi connectivity index (χ0v) is 13.0. The minimum atomic E-state index is -4.69. The molecule has 128 valence electrons. The van der Waals surface area contributed by atoms with Crippen LogP contribution in [0.4, 0.5) is 18.9 Å². The van der Waals surface area contributed by atoms with Gasteiger partial charge in [0.15, 0.2) is 0 Å². The SMILES string of the molecule is Cc1cc(-c2noc(C(F)(F)F)n2)ccc1NC(=O)c1ccccc1. The Morgan fingerprint density at radius 1 is 1.12 bits per heavy atom. The third kappa shape index (κ3) is 3.68. The molecule has 5 nitrogen and oxygen atoms in total. The van der Waals surface area contributed by atoms with Crippen molar-refractivity contribution < 1.29 is 22.5 Å². The molecular weight excluding hydrogens is 335 g/mol. The van der Waals surface area contributed by atoms with Crippen molar-refractivity contribution in [3.05, 3.63) is 65.5 Å². The van der Waals surface area contributed by atoms with Gasteiger partial charge >= 0.3 is 12.1 Å². The van der Waals surface area contributed by atoms with E-state index in [0.29, 0.717) is 22.4 Å². The molecular formula is C17H12F3N3O2. The first-order valence-electron chi connectivity index (χ1n) is 7.23. The number of rotatable bonds is 3. The summed E-state index contributed by atoms with van der Waals surface area (Å²) in [5.74, 6) is -1.85. The summed E-state index contributed by atoms with van der Waals surface area (Å²) >= 11 is 0. The van der Waals surface area contributed by atoms with Crippen molar-refractivity contribution >= 4 is 11.6 Å². The summed E-state index contributed by atoms with van der Waals surface area (Å²) in [5, 5.41) is 6.09. The van der Waals surface area contributed by atoms with E-state index in [2.05, 4.69) is 20.0 Å². The van der Waals surface area contributed by atoms with Gasteiger partial charge in [0.1, 0.15) is 0 Å². The molecule has 0 unspecified atom stereocenters. The fraction of sp³-hybridized carbons (Fsp3) is 0.118. The van der Waals surface area contributed by atoms with Gasteiger partial charge in [-0.3, -0.25) is 4.79 Å². The van der Waals surface area contributed by atoms with Crippen LogP contribution in [0.25, 0.3) is 11.4 Å². The Balaban J connectivity index is 1.81. The molecule has 1 aromatic heterocycles. The molecule has 0 spiro atoms. The Labute approximate surface area is 140 Å². The summed E-state index contributed by atoms with van der Waals surface area (Å²) in [6, 6.07) is 13.3. The second-order valence-electron chi connectivity index (χ2n) is 5.27. The number of aromatic nitrogens is 2. The Kier molecular flexibility index (Phi) is 4.26. The van der Waals surface area contributed by atoms with Crippen LogP contribution in [-0.2, 0) is 6.18 Å². The zero-order valence-electron chi connectivity index (χ0n) is 13.0. The van der Waals surface area contributed by atoms with Crippen molar-refractivity contribution in [3.63, 3.8) is 0 Å². The monoisotopic (exact) mass is 347 g/mol. The van der Waals surface area contributed by atoms with Crippen molar-refractivity contribution in [2.24, 2.45) is 0 Å². The molecule has 2 aromatic carbocycles. The number of nitrogens with one attached hydrogen (secondary N) is 1. The highest BCUT2D eigenvalue weighted by Crippen LogP contribution is 2.30. The summed E-state index contributed by atoms with van der Waals surface area (Å²) in [6.45, 7) is 1.72. The van der Waals surface area contributed by atoms with E-state index in [1.54, 1.807) is 49.4 Å². The van der Waals surface area contributed by atoms with Gasteiger partial charge in [-0.25, -0.2) is 0 Å². The lowest BCUT2D eigenvalue weighted by Gasteiger charge is -2.09. The molecule has 0 bridgehead atoms. The van der Waals surface area contributed by atoms with Gasteiger partial charge in [0.25, 0.3) is 5.91 Å². The molecule has 1 N–H and O–H groups in total. The highest BCUT2D eigenvalue weighted by Gasteiger charge is 2.38. The first-order chi connectivity index (χ1) is 11.8. The van der Waals surface area contributed by atoms with Crippen LogP contribution >= 0.6 is 0 Å². The molecule has 3 rings (SSSR count). The fourth-order valence-electron chi connectivity index (χ4n) is 2.18. The van der Waals surface area contributed by atoms with E-state index in [1.807, 2.05) is 0 Å². The van der Waals surface area contributed by atoms with Crippen molar-refractivity contribution in [1.29, 1.82) is 0 Å². The van der Waals surface area contributed by atoms with Crippen molar-refractivity contribution in [2.75, 3.05) is 5.32 Å². The number of hydrogen-bond acceptors (Lipinski definition) is 4. The van der Waals surface area contributed by atoms with Gasteiger partial charge in [0.2, 0.25) is 5.82 Å². The molecule has 1 amide bonds. The van der Waals surface area contributed by atoms with Crippen LogP contribution in [-0.4, -0.2) is 16.0 Å². The number of nitrogens with zero attached hydrogens (tertiary/aromatic N) is 2. The number of alkyl halides is 3. The number of halogens is 3. The molecule has 0 atom stereocenters. The van der Waals surface area contributed by atoms with E-state index in [9.17, 15) is 18.0 Å².